The van der Waals surface area contributed by atoms with E-state index in [1.165, 1.54) is 11.8 Å². The predicted molar refractivity (Wildman–Crippen MR) is 96.9 cm³/mol. The lowest BCUT2D eigenvalue weighted by Gasteiger charge is -2.04. The van der Waals surface area contributed by atoms with Gasteiger partial charge in [-0.2, -0.15) is 0 Å². The van der Waals surface area contributed by atoms with Crippen molar-refractivity contribution in [3.63, 3.8) is 0 Å². The monoisotopic (exact) mass is 374 g/mol. The van der Waals surface area contributed by atoms with Crippen molar-refractivity contribution in [1.29, 1.82) is 0 Å². The van der Waals surface area contributed by atoms with Gasteiger partial charge in [-0.15, -0.1) is 5.10 Å². The van der Waals surface area contributed by atoms with Gasteiger partial charge >= 0.3 is 0 Å². The van der Waals surface area contributed by atoms with E-state index in [-0.39, 0.29) is 11.7 Å². The molecule has 128 valence electrons. The van der Waals surface area contributed by atoms with Gasteiger partial charge in [0.2, 0.25) is 5.16 Å². The number of rotatable bonds is 7. The van der Waals surface area contributed by atoms with Crippen molar-refractivity contribution >= 4 is 29.3 Å². The summed E-state index contributed by atoms with van der Waals surface area (Å²) in [5, 5.41) is 8.08. The molecule has 0 aliphatic carbocycles. The number of hydroxylamine groups is 1. The number of halogens is 1. The van der Waals surface area contributed by atoms with Crippen LogP contribution in [0.2, 0.25) is 5.02 Å². The van der Waals surface area contributed by atoms with E-state index in [9.17, 15) is 4.79 Å². The molecule has 2 aromatic carbocycles. The molecule has 0 aliphatic rings. The summed E-state index contributed by atoms with van der Waals surface area (Å²) in [4.78, 5) is 21.3. The van der Waals surface area contributed by atoms with E-state index in [1.807, 2.05) is 42.5 Å². The first-order valence-corrected chi connectivity index (χ1v) is 8.83. The molecular weight excluding hydrogens is 360 g/mol. The van der Waals surface area contributed by atoms with Crippen molar-refractivity contribution in [1.82, 2.24) is 20.7 Å². The number of benzene rings is 2. The highest BCUT2D eigenvalue weighted by Gasteiger charge is 2.09. The third kappa shape index (κ3) is 5.32. The van der Waals surface area contributed by atoms with Crippen LogP contribution >= 0.6 is 23.4 Å². The van der Waals surface area contributed by atoms with Gasteiger partial charge in [0.25, 0.3) is 5.91 Å². The van der Waals surface area contributed by atoms with E-state index >= 15 is 0 Å². The lowest BCUT2D eigenvalue weighted by atomic mass is 10.2. The maximum atomic E-state index is 11.8. The Morgan fingerprint density at radius 2 is 1.92 bits per heavy atom. The molecule has 6 nitrogen and oxygen atoms in total. The van der Waals surface area contributed by atoms with Gasteiger partial charge in [-0.25, -0.2) is 10.5 Å². The van der Waals surface area contributed by atoms with Gasteiger partial charge in [-0.1, -0.05) is 53.7 Å². The molecule has 0 spiro atoms. The van der Waals surface area contributed by atoms with Gasteiger partial charge < -0.3 is 0 Å². The van der Waals surface area contributed by atoms with Crippen LogP contribution in [0, 0.1) is 0 Å². The fourth-order valence-corrected chi connectivity index (χ4v) is 2.69. The van der Waals surface area contributed by atoms with Crippen LogP contribution in [-0.2, 0) is 16.2 Å². The third-order valence-corrected chi connectivity index (χ3v) is 4.28. The Kier molecular flexibility index (Phi) is 6.05. The molecule has 0 atom stereocenters. The van der Waals surface area contributed by atoms with Crippen LogP contribution in [0.25, 0.3) is 11.4 Å². The summed E-state index contributed by atoms with van der Waals surface area (Å²) in [6.45, 7) is 0.318. The van der Waals surface area contributed by atoms with E-state index in [0.29, 0.717) is 22.6 Å². The number of aromatic amines is 1. The Morgan fingerprint density at radius 1 is 1.16 bits per heavy atom. The first kappa shape index (κ1) is 17.5. The van der Waals surface area contributed by atoms with E-state index in [2.05, 4.69) is 20.7 Å². The molecule has 0 aliphatic heterocycles. The molecule has 1 aromatic heterocycles. The SMILES string of the molecule is O=C(CSc1n[nH]c(-c2ccc(Cl)cc2)n1)NOCc1ccccc1. The first-order valence-electron chi connectivity index (χ1n) is 7.46. The van der Waals surface area contributed by atoms with Gasteiger partial charge in [0.15, 0.2) is 5.82 Å². The highest BCUT2D eigenvalue weighted by Crippen LogP contribution is 2.20. The summed E-state index contributed by atoms with van der Waals surface area (Å²) in [5.41, 5.74) is 4.26. The third-order valence-electron chi connectivity index (χ3n) is 3.18. The molecule has 0 saturated carbocycles. The lowest BCUT2D eigenvalue weighted by Crippen LogP contribution is -2.25. The van der Waals surface area contributed by atoms with Crippen molar-refractivity contribution in [3.8, 4) is 11.4 Å². The molecule has 2 N–H and O–H groups in total. The van der Waals surface area contributed by atoms with Crippen molar-refractivity contribution in [2.24, 2.45) is 0 Å². The van der Waals surface area contributed by atoms with E-state index < -0.39 is 0 Å². The fourth-order valence-electron chi connectivity index (χ4n) is 1.98. The molecular formula is C17H15ClN4O2S. The Morgan fingerprint density at radius 3 is 2.68 bits per heavy atom. The maximum absolute atomic E-state index is 11.8. The molecule has 1 heterocycles. The number of nitrogens with zero attached hydrogens (tertiary/aromatic N) is 2. The fraction of sp³-hybridized carbons (Fsp3) is 0.118. The summed E-state index contributed by atoms with van der Waals surface area (Å²) in [5.74, 6) is 0.533. The van der Waals surface area contributed by atoms with Gasteiger partial charge in [-0.3, -0.25) is 14.7 Å². The quantitative estimate of drug-likeness (QED) is 0.489. The highest BCUT2D eigenvalue weighted by atomic mass is 35.5. The Balaban J connectivity index is 1.44. The van der Waals surface area contributed by atoms with Crippen LogP contribution in [-0.4, -0.2) is 26.8 Å². The number of aromatic nitrogens is 3. The van der Waals surface area contributed by atoms with E-state index in [1.54, 1.807) is 12.1 Å². The van der Waals surface area contributed by atoms with Crippen molar-refractivity contribution in [3.05, 3.63) is 65.2 Å². The molecule has 3 rings (SSSR count). The highest BCUT2D eigenvalue weighted by molar-refractivity contribution is 7.99. The summed E-state index contributed by atoms with van der Waals surface area (Å²) in [7, 11) is 0. The van der Waals surface area contributed by atoms with Crippen LogP contribution < -0.4 is 5.48 Å². The van der Waals surface area contributed by atoms with Gasteiger partial charge in [-0.05, 0) is 29.8 Å². The average molecular weight is 375 g/mol. The topological polar surface area (TPSA) is 79.9 Å². The molecule has 0 unspecified atom stereocenters. The minimum atomic E-state index is -0.251. The number of hydrogen-bond acceptors (Lipinski definition) is 5. The summed E-state index contributed by atoms with van der Waals surface area (Å²) >= 11 is 7.08. The number of carbonyl (C=O) groups excluding carboxylic acids is 1. The largest absolute Gasteiger partial charge is 0.272 e. The standard InChI is InChI=1S/C17H15ClN4O2S/c18-14-8-6-13(7-9-14)16-19-17(21-20-16)25-11-15(23)22-24-10-12-4-2-1-3-5-12/h1-9H,10-11H2,(H,22,23)(H,19,20,21). The van der Waals surface area contributed by atoms with Crippen LogP contribution in [0.5, 0.6) is 0 Å². The summed E-state index contributed by atoms with van der Waals surface area (Å²) in [6, 6.07) is 16.9. The van der Waals surface area contributed by atoms with E-state index in [0.717, 1.165) is 11.1 Å². The Bertz CT molecular complexity index is 824. The van der Waals surface area contributed by atoms with Crippen molar-refractivity contribution < 1.29 is 9.63 Å². The normalized spacial score (nSPS) is 10.6. The molecule has 8 heteroatoms. The van der Waals surface area contributed by atoms with Crippen LogP contribution in [0.3, 0.4) is 0 Å². The maximum Gasteiger partial charge on any atom is 0.254 e. The molecule has 25 heavy (non-hydrogen) atoms. The number of amides is 1. The molecule has 0 saturated heterocycles. The predicted octanol–water partition coefficient (Wildman–Crippen LogP) is 3.47. The lowest BCUT2D eigenvalue weighted by molar-refractivity contribution is -0.131. The van der Waals surface area contributed by atoms with Gasteiger partial charge in [0.05, 0.1) is 12.4 Å². The minimum absolute atomic E-state index is 0.159. The number of H-pyrrole nitrogens is 1. The molecule has 3 aromatic rings. The Labute approximate surface area is 153 Å². The zero-order valence-electron chi connectivity index (χ0n) is 13.1. The zero-order valence-corrected chi connectivity index (χ0v) is 14.7. The number of nitrogens with one attached hydrogen (secondary N) is 2. The molecule has 1 amide bonds. The molecule has 0 radical (unpaired) electrons. The smallest absolute Gasteiger partial charge is 0.254 e. The average Bonchev–Trinajstić information content (AvgIpc) is 3.10. The van der Waals surface area contributed by atoms with Crippen LogP contribution in [0.4, 0.5) is 0 Å². The van der Waals surface area contributed by atoms with Crippen molar-refractivity contribution in [2.75, 3.05) is 5.75 Å². The second-order valence-electron chi connectivity index (χ2n) is 5.06. The number of hydrogen-bond donors (Lipinski definition) is 2. The minimum Gasteiger partial charge on any atom is -0.272 e. The van der Waals surface area contributed by atoms with Crippen LogP contribution in [0.15, 0.2) is 59.8 Å². The second-order valence-corrected chi connectivity index (χ2v) is 6.44. The number of carbonyl (C=O) groups is 1. The summed E-state index contributed by atoms with van der Waals surface area (Å²) in [6.07, 6.45) is 0. The van der Waals surface area contributed by atoms with Gasteiger partial charge in [0.1, 0.15) is 0 Å². The van der Waals surface area contributed by atoms with Crippen molar-refractivity contribution in [2.45, 2.75) is 11.8 Å². The first-order chi connectivity index (χ1) is 12.2. The Hall–Kier alpha value is -2.35. The van der Waals surface area contributed by atoms with E-state index in [4.69, 9.17) is 16.4 Å². The number of thioether (sulfide) groups is 1. The zero-order chi connectivity index (χ0) is 17.5. The molecule has 0 fully saturated rings. The van der Waals surface area contributed by atoms with Gasteiger partial charge in [0, 0.05) is 10.6 Å². The molecule has 0 bridgehead atoms. The summed E-state index contributed by atoms with van der Waals surface area (Å²) < 4.78 is 0. The second kappa shape index (κ2) is 8.66. The van der Waals surface area contributed by atoms with Crippen LogP contribution in [0.1, 0.15) is 5.56 Å².